The van der Waals surface area contributed by atoms with E-state index < -0.39 is 5.97 Å². The zero-order chi connectivity index (χ0) is 14.1. The molecule has 2 N–H and O–H groups in total. The second-order valence-electron chi connectivity index (χ2n) is 4.95. The number of carboxylic acids is 1. The summed E-state index contributed by atoms with van der Waals surface area (Å²) in [6, 6.07) is 4.69. The molecule has 1 saturated heterocycles. The Morgan fingerprint density at radius 1 is 1.40 bits per heavy atom. The minimum Gasteiger partial charge on any atom is -0.489 e. The molecule has 1 aromatic carbocycles. The Labute approximate surface area is 116 Å². The minimum atomic E-state index is -1.05. The predicted octanol–water partition coefficient (Wildman–Crippen LogP) is 0.862. The van der Waals surface area contributed by atoms with Crippen LogP contribution in [0.1, 0.15) is 23.2 Å². The molecule has 2 aliphatic rings. The van der Waals surface area contributed by atoms with E-state index in [1.165, 1.54) is 6.07 Å². The van der Waals surface area contributed by atoms with Gasteiger partial charge in [0, 0.05) is 0 Å². The van der Waals surface area contributed by atoms with E-state index >= 15 is 0 Å². The molecule has 0 spiro atoms. The highest BCUT2D eigenvalue weighted by Gasteiger charge is 2.32. The molecule has 3 rings (SSSR count). The molecule has 0 bridgehead atoms. The second-order valence-corrected chi connectivity index (χ2v) is 4.95. The van der Waals surface area contributed by atoms with E-state index in [0.717, 1.165) is 19.4 Å². The maximum atomic E-state index is 12.5. The standard InChI is InChI=1S/C14H16N2O4/c17-13(10-4-2-6-15-10)16-7-8-20-12-9(14(18)19)3-1-5-11(12)16/h1,3,5,10,15H,2,4,6-8H2,(H,18,19). The van der Waals surface area contributed by atoms with Crippen LogP contribution in [-0.4, -0.2) is 42.7 Å². The number of rotatable bonds is 2. The summed E-state index contributed by atoms with van der Waals surface area (Å²) in [6.45, 7) is 1.62. The fourth-order valence-corrected chi connectivity index (χ4v) is 2.73. The number of carbonyl (C=O) groups excluding carboxylic acids is 1. The van der Waals surface area contributed by atoms with Gasteiger partial charge in [-0.2, -0.15) is 0 Å². The molecule has 0 saturated carbocycles. The highest BCUT2D eigenvalue weighted by molar-refractivity contribution is 6.02. The molecule has 106 valence electrons. The van der Waals surface area contributed by atoms with Crippen LogP contribution in [0.3, 0.4) is 0 Å². The van der Waals surface area contributed by atoms with Crippen molar-refractivity contribution in [3.63, 3.8) is 0 Å². The van der Waals surface area contributed by atoms with Gasteiger partial charge in [0.15, 0.2) is 5.75 Å². The third-order valence-corrected chi connectivity index (χ3v) is 3.70. The van der Waals surface area contributed by atoms with Gasteiger partial charge in [0.1, 0.15) is 12.2 Å². The van der Waals surface area contributed by atoms with Gasteiger partial charge in [0.05, 0.1) is 18.3 Å². The van der Waals surface area contributed by atoms with Crippen LogP contribution in [0.4, 0.5) is 5.69 Å². The summed E-state index contributed by atoms with van der Waals surface area (Å²) in [4.78, 5) is 25.3. The van der Waals surface area contributed by atoms with Gasteiger partial charge < -0.3 is 20.1 Å². The van der Waals surface area contributed by atoms with E-state index in [4.69, 9.17) is 4.74 Å². The summed E-state index contributed by atoms with van der Waals surface area (Å²) < 4.78 is 5.46. The van der Waals surface area contributed by atoms with Gasteiger partial charge in [-0.15, -0.1) is 0 Å². The van der Waals surface area contributed by atoms with Crippen molar-refractivity contribution in [2.24, 2.45) is 0 Å². The van der Waals surface area contributed by atoms with Gasteiger partial charge in [-0.25, -0.2) is 4.79 Å². The number of fused-ring (bicyclic) bond motifs is 1. The Kier molecular flexibility index (Phi) is 3.31. The molecular formula is C14H16N2O4. The predicted molar refractivity (Wildman–Crippen MR) is 72.3 cm³/mol. The monoisotopic (exact) mass is 276 g/mol. The molecule has 1 unspecified atom stereocenters. The van der Waals surface area contributed by atoms with Gasteiger partial charge in [-0.1, -0.05) is 6.07 Å². The molecule has 0 aliphatic carbocycles. The first-order valence-electron chi connectivity index (χ1n) is 6.72. The van der Waals surface area contributed by atoms with Crippen LogP contribution >= 0.6 is 0 Å². The van der Waals surface area contributed by atoms with Crippen LogP contribution in [-0.2, 0) is 4.79 Å². The number of amides is 1. The minimum absolute atomic E-state index is 0.00501. The molecule has 6 heteroatoms. The second kappa shape index (κ2) is 5.13. The van der Waals surface area contributed by atoms with E-state index in [0.29, 0.717) is 18.8 Å². The van der Waals surface area contributed by atoms with Crippen LogP contribution in [0.15, 0.2) is 18.2 Å². The van der Waals surface area contributed by atoms with Gasteiger partial charge >= 0.3 is 5.97 Å². The number of benzene rings is 1. The molecule has 1 fully saturated rings. The molecule has 6 nitrogen and oxygen atoms in total. The van der Waals surface area contributed by atoms with Crippen molar-refractivity contribution in [2.45, 2.75) is 18.9 Å². The van der Waals surface area contributed by atoms with Gasteiger partial charge in [-0.3, -0.25) is 4.79 Å². The van der Waals surface area contributed by atoms with Crippen LogP contribution < -0.4 is 15.0 Å². The Hall–Kier alpha value is -2.08. The van der Waals surface area contributed by atoms with Crippen molar-refractivity contribution in [1.29, 1.82) is 0 Å². The fraction of sp³-hybridized carbons (Fsp3) is 0.429. The quantitative estimate of drug-likeness (QED) is 0.837. The third kappa shape index (κ3) is 2.12. The lowest BCUT2D eigenvalue weighted by molar-refractivity contribution is -0.120. The first kappa shape index (κ1) is 12.9. The van der Waals surface area contributed by atoms with Crippen LogP contribution in [0, 0.1) is 0 Å². The summed E-state index contributed by atoms with van der Waals surface area (Å²) in [7, 11) is 0. The van der Waals surface area contributed by atoms with Crippen LogP contribution in [0.25, 0.3) is 0 Å². The van der Waals surface area contributed by atoms with Gasteiger partial charge in [0.25, 0.3) is 0 Å². The first-order valence-corrected chi connectivity index (χ1v) is 6.72. The van der Waals surface area contributed by atoms with Crippen molar-refractivity contribution in [1.82, 2.24) is 5.32 Å². The molecule has 1 aromatic rings. The van der Waals surface area contributed by atoms with E-state index in [9.17, 15) is 14.7 Å². The molecule has 2 heterocycles. The summed E-state index contributed by atoms with van der Waals surface area (Å²) in [5.41, 5.74) is 0.647. The molecule has 1 amide bonds. The number of hydrogen-bond donors (Lipinski definition) is 2. The Balaban J connectivity index is 1.95. The zero-order valence-electron chi connectivity index (χ0n) is 11.0. The number of nitrogens with one attached hydrogen (secondary N) is 1. The van der Waals surface area contributed by atoms with E-state index in [1.54, 1.807) is 17.0 Å². The number of anilines is 1. The number of ether oxygens (including phenoxy) is 1. The van der Waals surface area contributed by atoms with Gasteiger partial charge in [0.2, 0.25) is 5.91 Å². The molecule has 0 aromatic heterocycles. The maximum absolute atomic E-state index is 12.5. The zero-order valence-corrected chi connectivity index (χ0v) is 11.0. The number of nitrogens with zero attached hydrogens (tertiary/aromatic N) is 1. The SMILES string of the molecule is O=C(O)c1cccc2c1OCCN2C(=O)C1CCCN1. The lowest BCUT2D eigenvalue weighted by Gasteiger charge is -2.32. The Morgan fingerprint density at radius 2 is 2.25 bits per heavy atom. The summed E-state index contributed by atoms with van der Waals surface area (Å²) in [6.07, 6.45) is 1.81. The van der Waals surface area contributed by atoms with Crippen molar-refractivity contribution >= 4 is 17.6 Å². The largest absolute Gasteiger partial charge is 0.489 e. The highest BCUT2D eigenvalue weighted by Crippen LogP contribution is 2.35. The van der Waals surface area contributed by atoms with Crippen molar-refractivity contribution in [3.05, 3.63) is 23.8 Å². The third-order valence-electron chi connectivity index (χ3n) is 3.70. The molecular weight excluding hydrogens is 260 g/mol. The number of carbonyl (C=O) groups is 2. The van der Waals surface area contributed by atoms with E-state index in [-0.39, 0.29) is 23.3 Å². The smallest absolute Gasteiger partial charge is 0.339 e. The Morgan fingerprint density at radius 3 is 2.95 bits per heavy atom. The average Bonchev–Trinajstić information content (AvgIpc) is 2.99. The lowest BCUT2D eigenvalue weighted by Crippen LogP contribution is -2.47. The van der Waals surface area contributed by atoms with Crippen molar-refractivity contribution in [3.8, 4) is 5.75 Å². The number of para-hydroxylation sites is 1. The number of hydrogen-bond acceptors (Lipinski definition) is 4. The maximum Gasteiger partial charge on any atom is 0.339 e. The molecule has 1 atom stereocenters. The van der Waals surface area contributed by atoms with Crippen LogP contribution in [0.5, 0.6) is 5.75 Å². The van der Waals surface area contributed by atoms with Crippen LogP contribution in [0.2, 0.25) is 0 Å². The highest BCUT2D eigenvalue weighted by atomic mass is 16.5. The van der Waals surface area contributed by atoms with Gasteiger partial charge in [-0.05, 0) is 31.5 Å². The van der Waals surface area contributed by atoms with E-state index in [2.05, 4.69) is 5.32 Å². The number of carboxylic acid groups (broad SMARTS) is 1. The Bertz CT molecular complexity index is 552. The average molecular weight is 276 g/mol. The van der Waals surface area contributed by atoms with Crippen molar-refractivity contribution in [2.75, 3.05) is 24.6 Å². The van der Waals surface area contributed by atoms with Crippen molar-refractivity contribution < 1.29 is 19.4 Å². The first-order chi connectivity index (χ1) is 9.68. The molecule has 0 radical (unpaired) electrons. The van der Waals surface area contributed by atoms with E-state index in [1.807, 2.05) is 0 Å². The topological polar surface area (TPSA) is 78.9 Å². The number of aromatic carboxylic acids is 1. The normalized spacial score (nSPS) is 21.2. The fourth-order valence-electron chi connectivity index (χ4n) is 2.73. The summed E-state index contributed by atoms with van der Waals surface area (Å²) >= 11 is 0. The lowest BCUT2D eigenvalue weighted by atomic mass is 10.1. The molecule has 20 heavy (non-hydrogen) atoms. The molecule has 2 aliphatic heterocycles. The summed E-state index contributed by atoms with van der Waals surface area (Å²) in [5.74, 6) is -0.762. The summed E-state index contributed by atoms with van der Waals surface area (Å²) in [5, 5.41) is 12.4.